The molecule has 0 amide bonds. The normalized spacial score (nSPS) is 13.1. The largest absolute Gasteiger partial charge is 0.324 e. The van der Waals surface area contributed by atoms with Gasteiger partial charge in [0.25, 0.3) is 0 Å². The van der Waals surface area contributed by atoms with Crippen LogP contribution in [0.5, 0.6) is 0 Å². The third kappa shape index (κ3) is 1.61. The van der Waals surface area contributed by atoms with Gasteiger partial charge in [-0.15, -0.1) is 0 Å². The lowest BCUT2D eigenvalue weighted by molar-refractivity contribution is 0.629. The molecule has 14 heavy (non-hydrogen) atoms. The van der Waals surface area contributed by atoms with Crippen LogP contribution in [0.25, 0.3) is 10.8 Å². The fraction of sp³-hybridized carbons (Fsp3) is 0.167. The molecule has 0 bridgehead atoms. The summed E-state index contributed by atoms with van der Waals surface area (Å²) in [4.78, 5) is 0. The van der Waals surface area contributed by atoms with Crippen LogP contribution >= 0.6 is 0 Å². The molecule has 0 aromatic heterocycles. The van der Waals surface area contributed by atoms with Crippen molar-refractivity contribution in [2.75, 3.05) is 0 Å². The van der Waals surface area contributed by atoms with E-state index in [-0.39, 0.29) is 11.9 Å². The van der Waals surface area contributed by atoms with E-state index in [1.165, 1.54) is 12.1 Å². The van der Waals surface area contributed by atoms with Gasteiger partial charge in [0, 0.05) is 6.04 Å². The minimum atomic E-state index is -0.209. The van der Waals surface area contributed by atoms with E-state index in [1.54, 1.807) is 6.07 Å². The van der Waals surface area contributed by atoms with Crippen molar-refractivity contribution in [3.63, 3.8) is 0 Å². The van der Waals surface area contributed by atoms with Gasteiger partial charge < -0.3 is 5.73 Å². The molecule has 1 nitrogen and oxygen atoms in total. The molecule has 72 valence electrons. The number of fused-ring (bicyclic) bond motifs is 1. The van der Waals surface area contributed by atoms with E-state index >= 15 is 0 Å². The third-order valence-electron chi connectivity index (χ3n) is 2.35. The van der Waals surface area contributed by atoms with Crippen molar-refractivity contribution in [1.29, 1.82) is 0 Å². The maximum atomic E-state index is 12.9. The van der Waals surface area contributed by atoms with E-state index in [0.717, 1.165) is 16.3 Å². The van der Waals surface area contributed by atoms with E-state index in [9.17, 15) is 4.39 Å². The van der Waals surface area contributed by atoms with Crippen molar-refractivity contribution in [1.82, 2.24) is 0 Å². The SMILES string of the molecule is C[C@@H](N)c1ccc2ccc(F)cc2c1. The van der Waals surface area contributed by atoms with Crippen molar-refractivity contribution in [3.05, 3.63) is 47.8 Å². The summed E-state index contributed by atoms with van der Waals surface area (Å²) in [6.07, 6.45) is 0. The molecule has 0 aliphatic carbocycles. The number of nitrogens with two attached hydrogens (primary N) is 1. The van der Waals surface area contributed by atoms with Crippen LogP contribution in [0.3, 0.4) is 0 Å². The molecular weight excluding hydrogens is 177 g/mol. The highest BCUT2D eigenvalue weighted by atomic mass is 19.1. The Labute approximate surface area is 82.3 Å². The van der Waals surface area contributed by atoms with E-state index in [1.807, 2.05) is 25.1 Å². The molecule has 2 N–H and O–H groups in total. The number of benzene rings is 2. The van der Waals surface area contributed by atoms with E-state index in [4.69, 9.17) is 5.73 Å². The average molecular weight is 189 g/mol. The van der Waals surface area contributed by atoms with Crippen LogP contribution < -0.4 is 5.73 Å². The molecule has 0 saturated heterocycles. The Morgan fingerprint density at radius 2 is 1.79 bits per heavy atom. The molecule has 0 saturated carbocycles. The number of halogens is 1. The Balaban J connectivity index is 2.63. The van der Waals surface area contributed by atoms with Gasteiger partial charge in [0.05, 0.1) is 0 Å². The summed E-state index contributed by atoms with van der Waals surface area (Å²) < 4.78 is 12.9. The first-order valence-corrected chi connectivity index (χ1v) is 4.61. The summed E-state index contributed by atoms with van der Waals surface area (Å²) in [6.45, 7) is 1.92. The zero-order chi connectivity index (χ0) is 10.1. The second kappa shape index (κ2) is 3.39. The van der Waals surface area contributed by atoms with Crippen LogP contribution in [0.4, 0.5) is 4.39 Å². The molecule has 0 radical (unpaired) electrons. The Hall–Kier alpha value is -1.41. The van der Waals surface area contributed by atoms with E-state index < -0.39 is 0 Å². The minimum Gasteiger partial charge on any atom is -0.324 e. The van der Waals surface area contributed by atoms with Crippen molar-refractivity contribution >= 4 is 10.8 Å². The molecule has 2 aromatic rings. The van der Waals surface area contributed by atoms with Crippen LogP contribution in [0.1, 0.15) is 18.5 Å². The summed E-state index contributed by atoms with van der Waals surface area (Å²) in [5.74, 6) is -0.209. The summed E-state index contributed by atoms with van der Waals surface area (Å²) in [7, 11) is 0. The zero-order valence-electron chi connectivity index (χ0n) is 8.00. The highest BCUT2D eigenvalue weighted by Gasteiger charge is 2.01. The molecule has 0 spiro atoms. The van der Waals surface area contributed by atoms with E-state index in [2.05, 4.69) is 0 Å². The molecule has 2 rings (SSSR count). The van der Waals surface area contributed by atoms with Crippen molar-refractivity contribution < 1.29 is 4.39 Å². The molecule has 0 fully saturated rings. The van der Waals surface area contributed by atoms with Crippen LogP contribution in [0.2, 0.25) is 0 Å². The molecule has 0 aliphatic rings. The summed E-state index contributed by atoms with van der Waals surface area (Å²) in [5, 5.41) is 1.94. The lowest BCUT2D eigenvalue weighted by atomic mass is 10.0. The average Bonchev–Trinajstić information content (AvgIpc) is 2.16. The highest BCUT2D eigenvalue weighted by Crippen LogP contribution is 2.20. The highest BCUT2D eigenvalue weighted by molar-refractivity contribution is 5.83. The van der Waals surface area contributed by atoms with Gasteiger partial charge in [-0.1, -0.05) is 18.2 Å². The smallest absolute Gasteiger partial charge is 0.123 e. The number of hydrogen-bond donors (Lipinski definition) is 1. The molecule has 2 aromatic carbocycles. The zero-order valence-corrected chi connectivity index (χ0v) is 8.00. The Kier molecular flexibility index (Phi) is 2.22. The minimum absolute atomic E-state index is 0.0114. The Morgan fingerprint density at radius 1 is 1.07 bits per heavy atom. The summed E-state index contributed by atoms with van der Waals surface area (Å²) >= 11 is 0. The maximum absolute atomic E-state index is 12.9. The Bertz CT molecular complexity index is 463. The second-order valence-corrected chi connectivity index (χ2v) is 3.54. The van der Waals surface area contributed by atoms with Crippen molar-refractivity contribution in [2.24, 2.45) is 5.73 Å². The monoisotopic (exact) mass is 189 g/mol. The second-order valence-electron chi connectivity index (χ2n) is 3.54. The van der Waals surface area contributed by atoms with Gasteiger partial charge >= 0.3 is 0 Å². The quantitative estimate of drug-likeness (QED) is 0.733. The standard InChI is InChI=1S/C12H12FN/c1-8(14)10-3-2-9-4-5-12(13)7-11(9)6-10/h2-8H,14H2,1H3/t8-/m1/s1. The van der Waals surface area contributed by atoms with Gasteiger partial charge in [0.1, 0.15) is 5.82 Å². The van der Waals surface area contributed by atoms with Crippen molar-refractivity contribution in [3.8, 4) is 0 Å². The summed E-state index contributed by atoms with van der Waals surface area (Å²) in [6, 6.07) is 10.6. The van der Waals surface area contributed by atoms with E-state index in [0.29, 0.717) is 0 Å². The fourth-order valence-electron chi connectivity index (χ4n) is 1.52. The summed E-state index contributed by atoms with van der Waals surface area (Å²) in [5.41, 5.74) is 6.78. The first kappa shape index (κ1) is 9.16. The topological polar surface area (TPSA) is 26.0 Å². The lowest BCUT2D eigenvalue weighted by Gasteiger charge is -2.06. The van der Waals surface area contributed by atoms with Crippen LogP contribution in [0, 0.1) is 5.82 Å². The first-order chi connectivity index (χ1) is 6.66. The van der Waals surface area contributed by atoms with Gasteiger partial charge in [-0.25, -0.2) is 4.39 Å². The van der Waals surface area contributed by atoms with Gasteiger partial charge in [-0.05, 0) is 41.5 Å². The number of rotatable bonds is 1. The van der Waals surface area contributed by atoms with Crippen molar-refractivity contribution in [2.45, 2.75) is 13.0 Å². The fourth-order valence-corrected chi connectivity index (χ4v) is 1.52. The van der Waals surface area contributed by atoms with Gasteiger partial charge in [0.2, 0.25) is 0 Å². The van der Waals surface area contributed by atoms with Gasteiger partial charge in [-0.3, -0.25) is 0 Å². The molecular formula is C12H12FN. The van der Waals surface area contributed by atoms with Gasteiger partial charge in [0.15, 0.2) is 0 Å². The van der Waals surface area contributed by atoms with Gasteiger partial charge in [-0.2, -0.15) is 0 Å². The molecule has 0 heterocycles. The third-order valence-corrected chi connectivity index (χ3v) is 2.35. The molecule has 0 aliphatic heterocycles. The molecule has 0 unspecified atom stereocenters. The molecule has 1 atom stereocenters. The first-order valence-electron chi connectivity index (χ1n) is 4.61. The Morgan fingerprint density at radius 3 is 2.50 bits per heavy atom. The lowest BCUT2D eigenvalue weighted by Crippen LogP contribution is -2.04. The predicted molar refractivity (Wildman–Crippen MR) is 56.5 cm³/mol. The van der Waals surface area contributed by atoms with Crippen LogP contribution in [0.15, 0.2) is 36.4 Å². The maximum Gasteiger partial charge on any atom is 0.123 e. The predicted octanol–water partition coefficient (Wildman–Crippen LogP) is 3.00. The van der Waals surface area contributed by atoms with Crippen LogP contribution in [-0.2, 0) is 0 Å². The van der Waals surface area contributed by atoms with Crippen LogP contribution in [-0.4, -0.2) is 0 Å². The number of hydrogen-bond acceptors (Lipinski definition) is 1. The molecule has 2 heteroatoms.